The average molecular weight is 229 g/mol. The van der Waals surface area contributed by atoms with E-state index in [1.54, 1.807) is 0 Å². The largest absolute Gasteiger partial charge is 0.389 e. The van der Waals surface area contributed by atoms with E-state index in [0.717, 1.165) is 0 Å². The number of amides is 1. The SMILES string of the molecule is NC1CC(=O)NCC(C(=O)CO)NCC1=O. The van der Waals surface area contributed by atoms with Gasteiger partial charge in [-0.3, -0.25) is 19.7 Å². The summed E-state index contributed by atoms with van der Waals surface area (Å²) in [4.78, 5) is 33.9. The van der Waals surface area contributed by atoms with Gasteiger partial charge in [0.1, 0.15) is 6.61 Å². The number of Topliss-reactive ketones (excluding diaryl/α,β-unsaturated/α-hetero) is 2. The summed E-state index contributed by atoms with van der Waals surface area (Å²) in [7, 11) is 0. The molecule has 1 fully saturated rings. The second-order valence-corrected chi connectivity index (χ2v) is 3.64. The van der Waals surface area contributed by atoms with Crippen LogP contribution >= 0.6 is 0 Å². The molecule has 7 heteroatoms. The molecule has 0 radical (unpaired) electrons. The van der Waals surface area contributed by atoms with E-state index in [0.29, 0.717) is 0 Å². The number of hydrogen-bond donors (Lipinski definition) is 4. The highest BCUT2D eigenvalue weighted by molar-refractivity contribution is 5.93. The molecule has 1 saturated heterocycles. The van der Waals surface area contributed by atoms with Crippen molar-refractivity contribution in [1.29, 1.82) is 0 Å². The van der Waals surface area contributed by atoms with Crippen LogP contribution in [-0.2, 0) is 14.4 Å². The average Bonchev–Trinajstić information content (AvgIpc) is 2.31. The lowest BCUT2D eigenvalue weighted by molar-refractivity contribution is -0.125. The van der Waals surface area contributed by atoms with Crippen LogP contribution in [0, 0.1) is 0 Å². The highest BCUT2D eigenvalue weighted by Crippen LogP contribution is 1.95. The molecule has 1 amide bonds. The second-order valence-electron chi connectivity index (χ2n) is 3.64. The van der Waals surface area contributed by atoms with Crippen molar-refractivity contribution in [2.45, 2.75) is 18.5 Å². The molecule has 0 aromatic rings. The fraction of sp³-hybridized carbons (Fsp3) is 0.667. The topological polar surface area (TPSA) is 122 Å². The zero-order chi connectivity index (χ0) is 12.1. The van der Waals surface area contributed by atoms with Gasteiger partial charge >= 0.3 is 0 Å². The Hall–Kier alpha value is -1.31. The molecule has 1 heterocycles. The van der Waals surface area contributed by atoms with E-state index in [2.05, 4.69) is 10.6 Å². The fourth-order valence-electron chi connectivity index (χ4n) is 1.37. The highest BCUT2D eigenvalue weighted by Gasteiger charge is 2.24. The molecule has 90 valence electrons. The number of aliphatic hydroxyl groups is 1. The lowest BCUT2D eigenvalue weighted by Crippen LogP contribution is -2.48. The van der Waals surface area contributed by atoms with Crippen molar-refractivity contribution in [3.05, 3.63) is 0 Å². The van der Waals surface area contributed by atoms with Crippen LogP contribution in [0.1, 0.15) is 6.42 Å². The number of carbonyl (C=O) groups excluding carboxylic acids is 3. The van der Waals surface area contributed by atoms with Crippen LogP contribution in [-0.4, -0.2) is 54.4 Å². The summed E-state index contributed by atoms with van der Waals surface area (Å²) < 4.78 is 0. The van der Waals surface area contributed by atoms with E-state index in [1.807, 2.05) is 0 Å². The number of ketones is 2. The van der Waals surface area contributed by atoms with E-state index in [4.69, 9.17) is 10.8 Å². The Labute approximate surface area is 92.4 Å². The first kappa shape index (κ1) is 12.8. The van der Waals surface area contributed by atoms with Gasteiger partial charge in [-0.2, -0.15) is 0 Å². The van der Waals surface area contributed by atoms with Crippen LogP contribution in [0.3, 0.4) is 0 Å². The van der Waals surface area contributed by atoms with Gasteiger partial charge < -0.3 is 16.2 Å². The van der Waals surface area contributed by atoms with Crippen molar-refractivity contribution in [1.82, 2.24) is 10.6 Å². The summed E-state index contributed by atoms with van der Waals surface area (Å²) in [5, 5.41) is 13.8. The van der Waals surface area contributed by atoms with Gasteiger partial charge in [-0.1, -0.05) is 0 Å². The van der Waals surface area contributed by atoms with Crippen molar-refractivity contribution in [2.24, 2.45) is 5.73 Å². The maximum absolute atomic E-state index is 11.4. The molecule has 1 rings (SSSR count). The molecule has 7 nitrogen and oxygen atoms in total. The van der Waals surface area contributed by atoms with Crippen LogP contribution in [0.5, 0.6) is 0 Å². The normalized spacial score (nSPS) is 27.6. The molecular formula is C9H15N3O4. The van der Waals surface area contributed by atoms with E-state index in [9.17, 15) is 14.4 Å². The Kier molecular flexibility index (Phi) is 4.53. The third-order valence-corrected chi connectivity index (χ3v) is 2.39. The molecule has 0 aromatic carbocycles. The van der Waals surface area contributed by atoms with Crippen molar-refractivity contribution < 1.29 is 19.5 Å². The summed E-state index contributed by atoms with van der Waals surface area (Å²) in [6.07, 6.45) is -0.0828. The molecule has 2 unspecified atom stereocenters. The Balaban J connectivity index is 2.69. The minimum absolute atomic E-state index is 0.0538. The van der Waals surface area contributed by atoms with Gasteiger partial charge in [-0.25, -0.2) is 0 Å². The fourth-order valence-corrected chi connectivity index (χ4v) is 1.37. The number of aliphatic hydroxyl groups excluding tert-OH is 1. The molecule has 2 atom stereocenters. The number of hydrogen-bond acceptors (Lipinski definition) is 6. The number of nitrogens with two attached hydrogens (primary N) is 1. The van der Waals surface area contributed by atoms with Crippen LogP contribution < -0.4 is 16.4 Å². The summed E-state index contributed by atoms with van der Waals surface area (Å²) >= 11 is 0. The molecule has 0 spiro atoms. The minimum atomic E-state index is -0.851. The quantitative estimate of drug-likeness (QED) is 0.398. The van der Waals surface area contributed by atoms with Crippen LogP contribution in [0.25, 0.3) is 0 Å². The van der Waals surface area contributed by atoms with Gasteiger partial charge in [0.05, 0.1) is 18.6 Å². The maximum Gasteiger partial charge on any atom is 0.222 e. The molecule has 1 aliphatic heterocycles. The molecule has 5 N–H and O–H groups in total. The number of nitrogens with one attached hydrogen (secondary N) is 2. The van der Waals surface area contributed by atoms with Crippen molar-refractivity contribution >= 4 is 17.5 Å². The van der Waals surface area contributed by atoms with Crippen LogP contribution in [0.15, 0.2) is 0 Å². The first-order valence-corrected chi connectivity index (χ1v) is 4.96. The van der Waals surface area contributed by atoms with E-state index >= 15 is 0 Å². The van der Waals surface area contributed by atoms with Gasteiger partial charge in [0.15, 0.2) is 11.6 Å². The van der Waals surface area contributed by atoms with Gasteiger partial charge in [0.2, 0.25) is 5.91 Å². The predicted molar refractivity (Wildman–Crippen MR) is 54.5 cm³/mol. The molecule has 0 aromatic heterocycles. The first-order valence-electron chi connectivity index (χ1n) is 4.96. The Morgan fingerprint density at radius 2 is 2.19 bits per heavy atom. The van der Waals surface area contributed by atoms with Crippen molar-refractivity contribution in [2.75, 3.05) is 19.7 Å². The lowest BCUT2D eigenvalue weighted by atomic mass is 10.1. The molecule has 16 heavy (non-hydrogen) atoms. The first-order chi connectivity index (χ1) is 7.54. The Morgan fingerprint density at radius 3 is 2.81 bits per heavy atom. The van der Waals surface area contributed by atoms with Crippen LogP contribution in [0.2, 0.25) is 0 Å². The molecule has 0 saturated carbocycles. The van der Waals surface area contributed by atoms with E-state index in [1.165, 1.54) is 0 Å². The van der Waals surface area contributed by atoms with E-state index < -0.39 is 24.5 Å². The third-order valence-electron chi connectivity index (χ3n) is 2.39. The molecule has 0 aliphatic carbocycles. The third kappa shape index (κ3) is 3.37. The van der Waals surface area contributed by atoms with E-state index in [-0.39, 0.29) is 31.2 Å². The molecular weight excluding hydrogens is 214 g/mol. The van der Waals surface area contributed by atoms with Crippen molar-refractivity contribution in [3.63, 3.8) is 0 Å². The maximum atomic E-state index is 11.4. The predicted octanol–water partition coefficient (Wildman–Crippen LogP) is -3.08. The summed E-state index contributed by atoms with van der Waals surface area (Å²) in [5.41, 5.74) is 5.48. The minimum Gasteiger partial charge on any atom is -0.389 e. The lowest BCUT2D eigenvalue weighted by Gasteiger charge is -2.14. The highest BCUT2D eigenvalue weighted by atomic mass is 16.3. The van der Waals surface area contributed by atoms with Crippen molar-refractivity contribution in [3.8, 4) is 0 Å². The number of carbonyl (C=O) groups is 3. The summed E-state index contributed by atoms with van der Waals surface area (Å²) in [6.45, 7) is -0.654. The zero-order valence-corrected chi connectivity index (χ0v) is 8.73. The van der Waals surface area contributed by atoms with Gasteiger partial charge in [-0.05, 0) is 0 Å². The molecule has 0 bridgehead atoms. The van der Waals surface area contributed by atoms with Crippen LogP contribution in [0.4, 0.5) is 0 Å². The summed E-state index contributed by atoms with van der Waals surface area (Å²) in [5.74, 6) is -1.17. The zero-order valence-electron chi connectivity index (χ0n) is 8.73. The monoisotopic (exact) mass is 229 g/mol. The molecule has 1 aliphatic rings. The smallest absolute Gasteiger partial charge is 0.222 e. The second kappa shape index (κ2) is 5.69. The standard InChI is InChI=1S/C9H15N3O4/c10-5-1-9(16)12-2-6(8(15)4-13)11-3-7(5)14/h5-6,11,13H,1-4,10H2,(H,12,16). The van der Waals surface area contributed by atoms with Gasteiger partial charge in [-0.15, -0.1) is 0 Å². The summed E-state index contributed by atoms with van der Waals surface area (Å²) in [6, 6.07) is -1.60. The van der Waals surface area contributed by atoms with Gasteiger partial charge in [0.25, 0.3) is 0 Å². The Bertz CT molecular complexity index is 305. The van der Waals surface area contributed by atoms with Gasteiger partial charge in [0, 0.05) is 13.0 Å². The Morgan fingerprint density at radius 1 is 1.50 bits per heavy atom. The number of rotatable bonds is 2.